The lowest BCUT2D eigenvalue weighted by Crippen LogP contribution is -2.33. The lowest BCUT2D eigenvalue weighted by molar-refractivity contribution is 0.189. The van der Waals surface area contributed by atoms with Gasteiger partial charge in [0.05, 0.1) is 10.1 Å². The Kier molecular flexibility index (Phi) is 8.05. The summed E-state index contributed by atoms with van der Waals surface area (Å²) in [6, 6.07) is 21.2. The molecular weight excluding hydrogens is 482 g/mol. The highest BCUT2D eigenvalue weighted by Gasteiger charge is 2.34. The zero-order valence-corrected chi connectivity index (χ0v) is 21.6. The minimum absolute atomic E-state index is 0. The Bertz CT molecular complexity index is 1120. The van der Waals surface area contributed by atoms with Gasteiger partial charge in [-0.2, -0.15) is 0 Å². The van der Waals surface area contributed by atoms with Crippen molar-refractivity contribution in [1.29, 1.82) is 0 Å². The molecule has 186 valence electrons. The molecule has 0 unspecified atom stereocenters. The van der Waals surface area contributed by atoms with E-state index >= 15 is 0 Å². The van der Waals surface area contributed by atoms with Gasteiger partial charge in [-0.25, -0.2) is 0 Å². The third-order valence-electron chi connectivity index (χ3n) is 7.06. The molecule has 0 aromatic heterocycles. The minimum atomic E-state index is -0.215. The molecule has 4 atom stereocenters. The van der Waals surface area contributed by atoms with E-state index in [1.54, 1.807) is 36.0 Å². The Morgan fingerprint density at radius 1 is 0.943 bits per heavy atom. The first kappa shape index (κ1) is 25.5. The van der Waals surface area contributed by atoms with Gasteiger partial charge in [0, 0.05) is 12.6 Å². The predicted octanol–water partition coefficient (Wildman–Crippen LogP) is 6.60. The first-order valence-electron chi connectivity index (χ1n) is 11.9. The molecule has 5 nitrogen and oxygen atoms in total. The molecule has 0 radical (unpaired) electrons. The zero-order valence-electron chi connectivity index (χ0n) is 20.0. The van der Waals surface area contributed by atoms with Gasteiger partial charge in [0.15, 0.2) is 0 Å². The van der Waals surface area contributed by atoms with Crippen LogP contribution < -0.4 is 9.47 Å². The average molecular weight is 514 g/mol. The minimum Gasteiger partial charge on any atom is -0.508 e. The second kappa shape index (κ2) is 11.0. The number of hydrogen-bond donors (Lipinski definition) is 2. The van der Waals surface area contributed by atoms with Crippen molar-refractivity contribution in [3.8, 4) is 23.0 Å². The van der Waals surface area contributed by atoms with Gasteiger partial charge in [0.2, 0.25) is 0 Å². The number of nitrogens with zero attached hydrogens (tertiary/aromatic N) is 1. The normalized spacial score (nSPS) is 23.7. The van der Waals surface area contributed by atoms with E-state index < -0.39 is 0 Å². The molecule has 0 aliphatic carbocycles. The largest absolute Gasteiger partial charge is 0.508 e. The molecule has 1 fully saturated rings. The summed E-state index contributed by atoms with van der Waals surface area (Å²) < 4.78 is 12.5. The van der Waals surface area contributed by atoms with Crippen molar-refractivity contribution in [1.82, 2.24) is 4.90 Å². The summed E-state index contributed by atoms with van der Waals surface area (Å²) in [5.41, 5.74) is 2.11. The fraction of sp³-hybridized carbons (Fsp3) is 0.357. The summed E-state index contributed by atoms with van der Waals surface area (Å²) in [6.07, 6.45) is 1.05. The van der Waals surface area contributed by atoms with Crippen LogP contribution in [0.3, 0.4) is 0 Å². The number of thioether (sulfide) groups is 1. The standard InChI is InChI=1S/C28H31NO4S.ClH/c1-18-13-14-29(19(18)2)15-16-32-24-10-5-20(6-11-24)27-28(21-3-7-22(30)8-4-21)34-26-17-23(31)9-12-25(26)33-27;/h3-12,17-19,27-28,30-31H,13-16H2,1-2H3;1H/t18-,19-,27-,28+;/m0./s1. The van der Waals surface area contributed by atoms with E-state index in [1.807, 2.05) is 30.3 Å². The molecule has 1 saturated heterocycles. The molecular formula is C28H32ClNO4S. The van der Waals surface area contributed by atoms with Crippen molar-refractivity contribution in [2.24, 2.45) is 5.92 Å². The van der Waals surface area contributed by atoms with Gasteiger partial charge >= 0.3 is 0 Å². The van der Waals surface area contributed by atoms with E-state index in [9.17, 15) is 10.2 Å². The van der Waals surface area contributed by atoms with Crippen LogP contribution in [0.5, 0.6) is 23.0 Å². The molecule has 7 heteroatoms. The summed E-state index contributed by atoms with van der Waals surface area (Å²) >= 11 is 1.66. The van der Waals surface area contributed by atoms with Crippen LogP contribution >= 0.6 is 24.2 Å². The third-order valence-corrected chi connectivity index (χ3v) is 8.41. The summed E-state index contributed by atoms with van der Waals surface area (Å²) in [7, 11) is 0. The van der Waals surface area contributed by atoms with Crippen LogP contribution in [0.15, 0.2) is 71.6 Å². The molecule has 3 aromatic carbocycles. The van der Waals surface area contributed by atoms with Crippen molar-refractivity contribution in [3.05, 3.63) is 77.9 Å². The molecule has 0 spiro atoms. The van der Waals surface area contributed by atoms with Crippen molar-refractivity contribution in [2.75, 3.05) is 19.7 Å². The predicted molar refractivity (Wildman–Crippen MR) is 142 cm³/mol. The molecule has 2 aliphatic heterocycles. The molecule has 0 bridgehead atoms. The summed E-state index contributed by atoms with van der Waals surface area (Å²) in [5.74, 6) is 2.83. The Balaban J connectivity index is 0.00000289. The molecule has 3 aromatic rings. The number of halogens is 1. The van der Waals surface area contributed by atoms with Crippen LogP contribution in [-0.2, 0) is 0 Å². The quantitative estimate of drug-likeness (QED) is 0.387. The highest BCUT2D eigenvalue weighted by atomic mass is 35.5. The van der Waals surface area contributed by atoms with Gasteiger partial charge in [-0.15, -0.1) is 24.2 Å². The maximum absolute atomic E-state index is 9.94. The van der Waals surface area contributed by atoms with Gasteiger partial charge < -0.3 is 19.7 Å². The maximum atomic E-state index is 9.94. The molecule has 2 N–H and O–H groups in total. The van der Waals surface area contributed by atoms with Crippen LogP contribution in [0.4, 0.5) is 0 Å². The van der Waals surface area contributed by atoms with Gasteiger partial charge in [0.1, 0.15) is 35.7 Å². The number of benzene rings is 3. The Morgan fingerprint density at radius 2 is 1.63 bits per heavy atom. The fourth-order valence-corrected chi connectivity index (χ4v) is 6.08. The highest BCUT2D eigenvalue weighted by Crippen LogP contribution is 2.54. The average Bonchev–Trinajstić information content (AvgIpc) is 3.16. The van der Waals surface area contributed by atoms with Crippen molar-refractivity contribution >= 4 is 24.2 Å². The third kappa shape index (κ3) is 5.66. The smallest absolute Gasteiger partial charge is 0.140 e. The number of fused-ring (bicyclic) bond motifs is 1. The maximum Gasteiger partial charge on any atom is 0.140 e. The zero-order chi connectivity index (χ0) is 23.7. The van der Waals surface area contributed by atoms with Crippen molar-refractivity contribution < 1.29 is 19.7 Å². The second-order valence-electron chi connectivity index (χ2n) is 9.26. The van der Waals surface area contributed by atoms with Crippen LogP contribution in [0.1, 0.15) is 42.7 Å². The van der Waals surface area contributed by atoms with Gasteiger partial charge in [0.25, 0.3) is 0 Å². The van der Waals surface area contributed by atoms with E-state index in [1.165, 1.54) is 6.42 Å². The fourth-order valence-electron chi connectivity index (χ4n) is 4.76. The summed E-state index contributed by atoms with van der Waals surface area (Å²) in [6.45, 7) is 7.40. The lowest BCUT2D eigenvalue weighted by atomic mass is 10.00. The SMILES string of the molecule is C[C@H]1CCN(CCOc2ccc([C@@H]3Oc4ccc(O)cc4S[C@@H]3c3ccc(O)cc3)cc2)[C@H]1C.Cl. The highest BCUT2D eigenvalue weighted by molar-refractivity contribution is 7.99. The van der Waals surface area contributed by atoms with Crippen LogP contribution in [0.25, 0.3) is 0 Å². The molecule has 0 amide bonds. The van der Waals surface area contributed by atoms with E-state index in [2.05, 4.69) is 30.9 Å². The van der Waals surface area contributed by atoms with Gasteiger partial charge in [-0.3, -0.25) is 4.90 Å². The van der Waals surface area contributed by atoms with Crippen LogP contribution in [0, 0.1) is 5.92 Å². The molecule has 35 heavy (non-hydrogen) atoms. The van der Waals surface area contributed by atoms with Gasteiger partial charge in [-0.1, -0.05) is 31.2 Å². The number of phenols is 2. The number of rotatable bonds is 6. The Hall–Kier alpha value is -2.54. The van der Waals surface area contributed by atoms with Crippen molar-refractivity contribution in [2.45, 2.75) is 42.6 Å². The Morgan fingerprint density at radius 3 is 2.31 bits per heavy atom. The number of hydrogen-bond acceptors (Lipinski definition) is 6. The second-order valence-corrected chi connectivity index (χ2v) is 10.4. The van der Waals surface area contributed by atoms with Crippen LogP contribution in [-0.4, -0.2) is 40.9 Å². The number of ether oxygens (including phenoxy) is 2. The molecule has 0 saturated carbocycles. The first-order chi connectivity index (χ1) is 16.5. The monoisotopic (exact) mass is 513 g/mol. The first-order valence-corrected chi connectivity index (χ1v) is 12.8. The molecule has 5 rings (SSSR count). The van der Waals surface area contributed by atoms with E-state index in [0.717, 1.165) is 46.5 Å². The molecule has 2 heterocycles. The van der Waals surface area contributed by atoms with E-state index in [0.29, 0.717) is 12.6 Å². The van der Waals surface area contributed by atoms with Crippen molar-refractivity contribution in [3.63, 3.8) is 0 Å². The Labute approximate surface area is 217 Å². The summed E-state index contributed by atoms with van der Waals surface area (Å²) in [4.78, 5) is 3.41. The number of likely N-dealkylation sites (tertiary alicyclic amines) is 1. The van der Waals surface area contributed by atoms with E-state index in [4.69, 9.17) is 9.47 Å². The lowest BCUT2D eigenvalue weighted by Gasteiger charge is -2.34. The van der Waals surface area contributed by atoms with Gasteiger partial charge in [-0.05, 0) is 79.4 Å². The summed E-state index contributed by atoms with van der Waals surface area (Å²) in [5, 5.41) is 19.7. The molecule has 2 aliphatic rings. The van der Waals surface area contributed by atoms with Crippen LogP contribution in [0.2, 0.25) is 0 Å². The number of aromatic hydroxyl groups is 2. The van der Waals surface area contributed by atoms with E-state index in [-0.39, 0.29) is 35.3 Å². The number of phenolic OH excluding ortho intramolecular Hbond substituents is 2. The topological polar surface area (TPSA) is 62.2 Å².